The van der Waals surface area contributed by atoms with Crippen LogP contribution in [0.1, 0.15) is 328 Å². The average molecular weight is 761 g/mol. The number of rotatable bonds is 50. The Kier molecular flexibility index (Phi) is 50.0. The van der Waals surface area contributed by atoms with Crippen molar-refractivity contribution in [2.45, 2.75) is 328 Å². The lowest BCUT2D eigenvalue weighted by atomic mass is 10.0. The van der Waals surface area contributed by atoms with Gasteiger partial charge < -0.3 is 5.11 Å². The largest absolute Gasteiger partial charge is 0.481 e. The fourth-order valence-corrected chi connectivity index (χ4v) is 8.66. The minimum Gasteiger partial charge on any atom is -0.481 e. The number of hydrogen-bond donors (Lipinski definition) is 1. The topological polar surface area (TPSA) is 37.3 Å². The smallest absolute Gasteiger partial charge is 0.303 e. The fourth-order valence-electron chi connectivity index (χ4n) is 8.66. The molecule has 0 saturated carbocycles. The van der Waals surface area contributed by atoms with Crippen LogP contribution in [0.4, 0.5) is 0 Å². The van der Waals surface area contributed by atoms with Crippen molar-refractivity contribution >= 4 is 5.97 Å². The molecule has 2 heteroatoms. The van der Waals surface area contributed by atoms with Gasteiger partial charge in [-0.2, -0.15) is 0 Å². The van der Waals surface area contributed by atoms with Gasteiger partial charge in [0.05, 0.1) is 0 Å². The quantitative estimate of drug-likeness (QED) is 0.0627. The Morgan fingerprint density at radius 1 is 0.222 bits per heavy atom. The predicted octanol–water partition coefficient (Wildman–Crippen LogP) is 19.6. The van der Waals surface area contributed by atoms with Crippen molar-refractivity contribution in [3.63, 3.8) is 0 Å². The van der Waals surface area contributed by atoms with E-state index in [-0.39, 0.29) is 0 Å². The molecule has 0 saturated heterocycles. The first-order valence-electron chi connectivity index (χ1n) is 26.0. The zero-order chi connectivity index (χ0) is 38.9. The van der Waals surface area contributed by atoms with Gasteiger partial charge in [-0.1, -0.05) is 315 Å². The third-order valence-electron chi connectivity index (χ3n) is 12.5. The van der Waals surface area contributed by atoms with Gasteiger partial charge >= 0.3 is 5.97 Å². The molecule has 324 valence electrons. The second-order valence-corrected chi connectivity index (χ2v) is 18.1. The molecule has 0 amide bonds. The molecule has 0 atom stereocenters. The summed E-state index contributed by atoms with van der Waals surface area (Å²) in [6.07, 6.45) is 70.8. The Bertz CT molecular complexity index is 659. The Hall–Kier alpha value is -0.530. The number of unbranched alkanes of at least 4 members (excludes halogenated alkanes) is 48. The molecule has 0 aliphatic carbocycles. The third-order valence-corrected chi connectivity index (χ3v) is 12.5. The van der Waals surface area contributed by atoms with Gasteiger partial charge in [0.15, 0.2) is 0 Å². The summed E-state index contributed by atoms with van der Waals surface area (Å²) < 4.78 is 0. The van der Waals surface area contributed by atoms with Crippen molar-refractivity contribution in [3.05, 3.63) is 0 Å². The standard InChI is InChI=1S/C52H104O2/c1-2-3-4-5-6-7-8-9-10-11-12-13-14-15-16-17-18-19-20-21-22-23-24-25-26-27-28-29-30-31-32-33-34-35-36-37-38-39-40-41-42-43-44-45-46-47-48-49-50-51-52(53)54/h2-51H2,1H3,(H,53,54). The molecule has 0 radical (unpaired) electrons. The fraction of sp³-hybridized carbons (Fsp3) is 0.981. The number of carboxylic acid groups (broad SMARTS) is 1. The summed E-state index contributed by atoms with van der Waals surface area (Å²) in [6.45, 7) is 2.31. The Balaban J connectivity index is 3.05. The van der Waals surface area contributed by atoms with Gasteiger partial charge in [0.25, 0.3) is 0 Å². The lowest BCUT2D eigenvalue weighted by Gasteiger charge is -2.05. The van der Waals surface area contributed by atoms with Crippen LogP contribution in [0.15, 0.2) is 0 Å². The summed E-state index contributed by atoms with van der Waals surface area (Å²) in [5.41, 5.74) is 0. The first kappa shape index (κ1) is 53.5. The molecular formula is C52H104O2. The summed E-state index contributed by atoms with van der Waals surface area (Å²) >= 11 is 0. The monoisotopic (exact) mass is 761 g/mol. The number of aliphatic carboxylic acids is 1. The van der Waals surface area contributed by atoms with E-state index in [1.807, 2.05) is 0 Å². The SMILES string of the molecule is CCCCCCCCCCCCCCCCCCCCCCCCCCCCCCCCCCCCCCCCCCCCCCCCCCCC(=O)O. The molecule has 54 heavy (non-hydrogen) atoms. The van der Waals surface area contributed by atoms with Crippen molar-refractivity contribution in [2.75, 3.05) is 0 Å². The summed E-state index contributed by atoms with van der Waals surface area (Å²) in [5.74, 6) is -0.646. The highest BCUT2D eigenvalue weighted by atomic mass is 16.4. The highest BCUT2D eigenvalue weighted by molar-refractivity contribution is 5.66. The Morgan fingerprint density at radius 3 is 0.444 bits per heavy atom. The van der Waals surface area contributed by atoms with Crippen LogP contribution in [0, 0.1) is 0 Å². The molecule has 0 aromatic heterocycles. The van der Waals surface area contributed by atoms with E-state index in [0.717, 1.165) is 12.8 Å². The molecule has 0 spiro atoms. The molecule has 0 rings (SSSR count). The van der Waals surface area contributed by atoms with E-state index in [4.69, 9.17) is 5.11 Å². The van der Waals surface area contributed by atoms with Crippen LogP contribution in [0.3, 0.4) is 0 Å². The molecular weight excluding hydrogens is 657 g/mol. The van der Waals surface area contributed by atoms with Crippen molar-refractivity contribution in [2.24, 2.45) is 0 Å². The molecule has 0 unspecified atom stereocenters. The summed E-state index contributed by atoms with van der Waals surface area (Å²) in [5, 5.41) is 8.67. The molecule has 0 heterocycles. The van der Waals surface area contributed by atoms with Gasteiger partial charge in [0.1, 0.15) is 0 Å². The highest BCUT2D eigenvalue weighted by Crippen LogP contribution is 2.19. The zero-order valence-electron chi connectivity index (χ0n) is 37.7. The van der Waals surface area contributed by atoms with E-state index in [2.05, 4.69) is 6.92 Å². The van der Waals surface area contributed by atoms with Crippen molar-refractivity contribution in [1.29, 1.82) is 0 Å². The van der Waals surface area contributed by atoms with Crippen LogP contribution >= 0.6 is 0 Å². The van der Waals surface area contributed by atoms with Gasteiger partial charge in [-0.3, -0.25) is 4.79 Å². The first-order chi connectivity index (χ1) is 26.8. The minimum atomic E-state index is -0.646. The number of hydrogen-bond acceptors (Lipinski definition) is 1. The van der Waals surface area contributed by atoms with Crippen LogP contribution in [-0.2, 0) is 4.79 Å². The van der Waals surface area contributed by atoms with Gasteiger partial charge in [0, 0.05) is 6.42 Å². The second kappa shape index (κ2) is 50.5. The minimum absolute atomic E-state index is 0.347. The van der Waals surface area contributed by atoms with Crippen LogP contribution in [-0.4, -0.2) is 11.1 Å². The van der Waals surface area contributed by atoms with Gasteiger partial charge in [-0.15, -0.1) is 0 Å². The van der Waals surface area contributed by atoms with E-state index >= 15 is 0 Å². The lowest BCUT2D eigenvalue weighted by Crippen LogP contribution is -1.93. The second-order valence-electron chi connectivity index (χ2n) is 18.1. The molecule has 0 fully saturated rings. The van der Waals surface area contributed by atoms with E-state index in [1.54, 1.807) is 0 Å². The normalized spacial score (nSPS) is 11.6. The summed E-state index contributed by atoms with van der Waals surface area (Å²) in [6, 6.07) is 0. The predicted molar refractivity (Wildman–Crippen MR) is 244 cm³/mol. The number of carbonyl (C=O) groups is 1. The van der Waals surface area contributed by atoms with Gasteiger partial charge in [0.2, 0.25) is 0 Å². The number of carboxylic acids is 1. The maximum atomic E-state index is 10.5. The molecule has 0 aliphatic heterocycles. The first-order valence-corrected chi connectivity index (χ1v) is 26.0. The maximum absolute atomic E-state index is 10.5. The van der Waals surface area contributed by atoms with E-state index in [9.17, 15) is 4.79 Å². The van der Waals surface area contributed by atoms with Crippen LogP contribution in [0.5, 0.6) is 0 Å². The molecule has 0 bridgehead atoms. The van der Waals surface area contributed by atoms with E-state index in [1.165, 1.54) is 302 Å². The third kappa shape index (κ3) is 51.5. The van der Waals surface area contributed by atoms with Crippen molar-refractivity contribution < 1.29 is 9.90 Å². The van der Waals surface area contributed by atoms with Crippen LogP contribution < -0.4 is 0 Å². The summed E-state index contributed by atoms with van der Waals surface area (Å²) in [4.78, 5) is 10.5. The molecule has 0 aromatic carbocycles. The van der Waals surface area contributed by atoms with Gasteiger partial charge in [-0.25, -0.2) is 0 Å². The molecule has 0 aliphatic rings. The van der Waals surface area contributed by atoms with Gasteiger partial charge in [-0.05, 0) is 6.42 Å². The molecule has 1 N–H and O–H groups in total. The Labute approximate surface area is 342 Å². The van der Waals surface area contributed by atoms with Crippen molar-refractivity contribution in [1.82, 2.24) is 0 Å². The molecule has 2 nitrogen and oxygen atoms in total. The van der Waals surface area contributed by atoms with Crippen molar-refractivity contribution in [3.8, 4) is 0 Å². The highest BCUT2D eigenvalue weighted by Gasteiger charge is 2.00. The maximum Gasteiger partial charge on any atom is 0.303 e. The van der Waals surface area contributed by atoms with E-state index < -0.39 is 5.97 Å². The van der Waals surface area contributed by atoms with Crippen LogP contribution in [0.25, 0.3) is 0 Å². The lowest BCUT2D eigenvalue weighted by molar-refractivity contribution is -0.137. The Morgan fingerprint density at radius 2 is 0.333 bits per heavy atom. The summed E-state index contributed by atoms with van der Waals surface area (Å²) in [7, 11) is 0. The van der Waals surface area contributed by atoms with Crippen LogP contribution in [0.2, 0.25) is 0 Å². The van der Waals surface area contributed by atoms with E-state index in [0.29, 0.717) is 6.42 Å². The molecule has 0 aromatic rings. The average Bonchev–Trinajstić information content (AvgIpc) is 3.17. The zero-order valence-corrected chi connectivity index (χ0v) is 37.7.